The van der Waals surface area contributed by atoms with E-state index in [0.29, 0.717) is 6.01 Å². The van der Waals surface area contributed by atoms with Crippen LogP contribution < -0.4 is 5.43 Å². The summed E-state index contributed by atoms with van der Waals surface area (Å²) < 4.78 is 5.50. The number of anilines is 1. The molecule has 3 rings (SSSR count). The van der Waals surface area contributed by atoms with E-state index in [-0.39, 0.29) is 0 Å². The number of aryl methyl sites for hydroxylation is 1. The zero-order valence-electron chi connectivity index (χ0n) is 11.0. The van der Waals surface area contributed by atoms with E-state index < -0.39 is 0 Å². The lowest BCUT2D eigenvalue weighted by molar-refractivity contribution is 0.617. The van der Waals surface area contributed by atoms with Crippen LogP contribution in [0.2, 0.25) is 0 Å². The number of oxazole rings is 1. The summed E-state index contributed by atoms with van der Waals surface area (Å²) in [5, 5.41) is 4.12. The molecule has 0 amide bonds. The Morgan fingerprint density at radius 2 is 1.85 bits per heavy atom. The predicted octanol–water partition coefficient (Wildman–Crippen LogP) is 3.86. The molecule has 0 radical (unpaired) electrons. The standard InChI is InChI=1S/C16H15N3O/c1-2-7-13(8-3-1)9-6-12-17-19-16-18-14-10-4-5-11-15(14)20-16/h1-5,7-8,10-12H,6,9H2,(H,18,19)/b17-12+. The molecule has 100 valence electrons. The number of rotatable bonds is 5. The smallest absolute Gasteiger partial charge is 0.316 e. The SMILES string of the molecule is C(/CCc1ccccc1)=N\Nc1nc2ccccc2o1. The van der Waals surface area contributed by atoms with Crippen LogP contribution in [-0.2, 0) is 6.42 Å². The Balaban J connectivity index is 1.52. The van der Waals surface area contributed by atoms with E-state index in [1.54, 1.807) is 0 Å². The van der Waals surface area contributed by atoms with Crippen molar-refractivity contribution in [3.8, 4) is 0 Å². The number of aromatic nitrogens is 1. The second-order valence-corrected chi connectivity index (χ2v) is 4.43. The third-order valence-corrected chi connectivity index (χ3v) is 2.95. The van der Waals surface area contributed by atoms with Crippen LogP contribution >= 0.6 is 0 Å². The van der Waals surface area contributed by atoms with Gasteiger partial charge in [0, 0.05) is 6.21 Å². The summed E-state index contributed by atoms with van der Waals surface area (Å²) >= 11 is 0. The van der Waals surface area contributed by atoms with E-state index >= 15 is 0 Å². The molecule has 0 saturated carbocycles. The minimum atomic E-state index is 0.419. The third-order valence-electron chi connectivity index (χ3n) is 2.95. The molecule has 0 fully saturated rings. The fourth-order valence-corrected chi connectivity index (χ4v) is 1.96. The van der Waals surface area contributed by atoms with Crippen molar-refractivity contribution in [1.29, 1.82) is 0 Å². The Morgan fingerprint density at radius 1 is 1.05 bits per heavy atom. The van der Waals surface area contributed by atoms with E-state index in [9.17, 15) is 0 Å². The molecule has 0 aliphatic carbocycles. The first-order valence-electron chi connectivity index (χ1n) is 6.59. The zero-order chi connectivity index (χ0) is 13.6. The molecule has 0 aliphatic rings. The molecule has 1 heterocycles. The van der Waals surface area contributed by atoms with Crippen LogP contribution in [0.15, 0.2) is 64.1 Å². The third kappa shape index (κ3) is 3.03. The van der Waals surface area contributed by atoms with E-state index in [4.69, 9.17) is 4.42 Å². The molecular formula is C16H15N3O. The monoisotopic (exact) mass is 265 g/mol. The Hall–Kier alpha value is -2.62. The van der Waals surface area contributed by atoms with Gasteiger partial charge in [0.15, 0.2) is 5.58 Å². The summed E-state index contributed by atoms with van der Waals surface area (Å²) in [5.41, 5.74) is 5.71. The normalized spacial score (nSPS) is 11.2. The quantitative estimate of drug-likeness (QED) is 0.563. The van der Waals surface area contributed by atoms with E-state index in [0.717, 1.165) is 23.9 Å². The van der Waals surface area contributed by atoms with E-state index in [1.165, 1.54) is 5.56 Å². The summed E-state index contributed by atoms with van der Waals surface area (Å²) in [6.45, 7) is 0. The van der Waals surface area contributed by atoms with Crippen molar-refractivity contribution in [1.82, 2.24) is 4.98 Å². The summed E-state index contributed by atoms with van der Waals surface area (Å²) in [6, 6.07) is 18.4. The van der Waals surface area contributed by atoms with Gasteiger partial charge in [-0.15, -0.1) is 0 Å². The van der Waals surface area contributed by atoms with Gasteiger partial charge >= 0.3 is 6.01 Å². The lowest BCUT2D eigenvalue weighted by Crippen LogP contribution is -1.91. The predicted molar refractivity (Wildman–Crippen MR) is 80.9 cm³/mol. The maximum Gasteiger partial charge on any atom is 0.316 e. The van der Waals surface area contributed by atoms with Crippen molar-refractivity contribution in [3.05, 3.63) is 60.2 Å². The summed E-state index contributed by atoms with van der Waals surface area (Å²) in [6.07, 6.45) is 3.68. The zero-order valence-corrected chi connectivity index (χ0v) is 11.0. The molecule has 0 saturated heterocycles. The highest BCUT2D eigenvalue weighted by molar-refractivity contribution is 5.74. The number of hydrogen-bond donors (Lipinski definition) is 1. The Kier molecular flexibility index (Phi) is 3.73. The molecule has 0 bridgehead atoms. The average molecular weight is 265 g/mol. The van der Waals surface area contributed by atoms with Crippen molar-refractivity contribution in [2.75, 3.05) is 5.43 Å². The number of fused-ring (bicyclic) bond motifs is 1. The molecule has 1 N–H and O–H groups in total. The Morgan fingerprint density at radius 3 is 2.70 bits per heavy atom. The fraction of sp³-hybridized carbons (Fsp3) is 0.125. The van der Waals surface area contributed by atoms with Gasteiger partial charge in [-0.2, -0.15) is 10.1 Å². The van der Waals surface area contributed by atoms with Gasteiger partial charge in [-0.1, -0.05) is 42.5 Å². The molecule has 0 aliphatic heterocycles. The largest absolute Gasteiger partial charge is 0.422 e. The molecule has 20 heavy (non-hydrogen) atoms. The number of hydrazone groups is 1. The van der Waals surface area contributed by atoms with Crippen molar-refractivity contribution in [3.63, 3.8) is 0 Å². The topological polar surface area (TPSA) is 50.4 Å². The van der Waals surface area contributed by atoms with Gasteiger partial charge < -0.3 is 4.42 Å². The minimum Gasteiger partial charge on any atom is -0.422 e. The highest BCUT2D eigenvalue weighted by atomic mass is 16.4. The minimum absolute atomic E-state index is 0.419. The molecule has 0 spiro atoms. The molecule has 0 atom stereocenters. The highest BCUT2D eigenvalue weighted by Gasteiger charge is 2.02. The number of nitrogens with zero attached hydrogens (tertiary/aromatic N) is 2. The van der Waals surface area contributed by atoms with Gasteiger partial charge in [0.25, 0.3) is 0 Å². The van der Waals surface area contributed by atoms with Gasteiger partial charge in [-0.3, -0.25) is 0 Å². The second-order valence-electron chi connectivity index (χ2n) is 4.43. The molecule has 1 aromatic heterocycles. The fourth-order valence-electron chi connectivity index (χ4n) is 1.96. The molecule has 0 unspecified atom stereocenters. The first-order valence-corrected chi connectivity index (χ1v) is 6.59. The van der Waals surface area contributed by atoms with Crippen LogP contribution in [0.4, 0.5) is 6.01 Å². The van der Waals surface area contributed by atoms with Crippen LogP contribution in [0.25, 0.3) is 11.1 Å². The molecule has 4 heteroatoms. The van der Waals surface area contributed by atoms with Crippen molar-refractivity contribution in [2.45, 2.75) is 12.8 Å². The molecule has 4 nitrogen and oxygen atoms in total. The summed E-state index contributed by atoms with van der Waals surface area (Å²) in [5.74, 6) is 0. The lowest BCUT2D eigenvalue weighted by Gasteiger charge is -1.96. The summed E-state index contributed by atoms with van der Waals surface area (Å²) in [4.78, 5) is 4.28. The summed E-state index contributed by atoms with van der Waals surface area (Å²) in [7, 11) is 0. The highest BCUT2D eigenvalue weighted by Crippen LogP contribution is 2.17. The van der Waals surface area contributed by atoms with Gasteiger partial charge in [-0.25, -0.2) is 5.43 Å². The van der Waals surface area contributed by atoms with Gasteiger partial charge in [0.1, 0.15) is 5.52 Å². The van der Waals surface area contributed by atoms with Crippen LogP contribution in [0.1, 0.15) is 12.0 Å². The Bertz CT molecular complexity index is 671. The van der Waals surface area contributed by atoms with E-state index in [1.807, 2.05) is 48.7 Å². The first kappa shape index (κ1) is 12.4. The second kappa shape index (κ2) is 6.02. The average Bonchev–Trinajstić information content (AvgIpc) is 2.90. The molecule has 3 aromatic rings. The van der Waals surface area contributed by atoms with Gasteiger partial charge in [0.2, 0.25) is 0 Å². The van der Waals surface area contributed by atoms with E-state index in [2.05, 4.69) is 27.6 Å². The van der Waals surface area contributed by atoms with Crippen molar-refractivity contribution >= 4 is 23.3 Å². The van der Waals surface area contributed by atoms with Crippen molar-refractivity contribution < 1.29 is 4.42 Å². The van der Waals surface area contributed by atoms with Crippen LogP contribution in [0, 0.1) is 0 Å². The van der Waals surface area contributed by atoms with Gasteiger partial charge in [-0.05, 0) is 30.5 Å². The van der Waals surface area contributed by atoms with Crippen LogP contribution in [0.5, 0.6) is 0 Å². The maximum atomic E-state index is 5.50. The number of benzene rings is 2. The van der Waals surface area contributed by atoms with Crippen LogP contribution in [0.3, 0.4) is 0 Å². The number of para-hydroxylation sites is 2. The lowest BCUT2D eigenvalue weighted by atomic mass is 10.1. The van der Waals surface area contributed by atoms with Crippen LogP contribution in [-0.4, -0.2) is 11.2 Å². The maximum absolute atomic E-state index is 5.50. The first-order chi connectivity index (χ1) is 9.92. The van der Waals surface area contributed by atoms with Crippen molar-refractivity contribution in [2.24, 2.45) is 5.10 Å². The molecule has 2 aromatic carbocycles. The van der Waals surface area contributed by atoms with Gasteiger partial charge in [0.05, 0.1) is 0 Å². The number of nitrogens with one attached hydrogen (secondary N) is 1. The molecular weight excluding hydrogens is 250 g/mol. The number of hydrogen-bond acceptors (Lipinski definition) is 4. The Labute approximate surface area is 117 Å².